The molecule has 160 valence electrons. The highest BCUT2D eigenvalue weighted by molar-refractivity contribution is 6.01. The number of epoxide rings is 2. The molecular weight excluding hydrogens is 388 g/mol. The number of hydrogen-bond donors (Lipinski definition) is 0. The zero-order valence-corrected chi connectivity index (χ0v) is 17.5. The Hall–Kier alpha value is -2.64. The van der Waals surface area contributed by atoms with Crippen LogP contribution in [0.25, 0.3) is 10.8 Å². The third-order valence-corrected chi connectivity index (χ3v) is 5.69. The minimum Gasteiger partial charge on any atom is -0.501 e. The van der Waals surface area contributed by atoms with Crippen molar-refractivity contribution in [3.63, 3.8) is 0 Å². The van der Waals surface area contributed by atoms with E-state index >= 15 is 0 Å². The van der Waals surface area contributed by atoms with E-state index < -0.39 is 0 Å². The van der Waals surface area contributed by atoms with Crippen LogP contribution in [0.5, 0.6) is 23.0 Å². The number of rotatable bonds is 9. The number of allylic oxidation sites excluding steroid dienone is 2. The number of benzene rings is 2. The van der Waals surface area contributed by atoms with Crippen LogP contribution < -0.4 is 18.9 Å². The van der Waals surface area contributed by atoms with Gasteiger partial charge < -0.3 is 33.2 Å². The van der Waals surface area contributed by atoms with Crippen molar-refractivity contribution in [2.45, 2.75) is 25.0 Å². The van der Waals surface area contributed by atoms with Gasteiger partial charge in [0.15, 0.2) is 0 Å². The van der Waals surface area contributed by atoms with E-state index in [4.69, 9.17) is 33.2 Å². The average molecular weight is 414 g/mol. The molecule has 2 aliphatic heterocycles. The molecule has 7 nitrogen and oxygen atoms in total. The van der Waals surface area contributed by atoms with Gasteiger partial charge in [0.2, 0.25) is 0 Å². The molecule has 30 heavy (non-hydrogen) atoms. The van der Waals surface area contributed by atoms with Gasteiger partial charge in [-0.1, -0.05) is 0 Å². The van der Waals surface area contributed by atoms with Crippen molar-refractivity contribution in [1.29, 1.82) is 0 Å². The van der Waals surface area contributed by atoms with E-state index in [1.54, 1.807) is 21.3 Å². The molecule has 7 heteroatoms. The van der Waals surface area contributed by atoms with E-state index in [2.05, 4.69) is 6.08 Å². The minimum absolute atomic E-state index is 0.143. The topological polar surface area (TPSA) is 71.2 Å². The summed E-state index contributed by atoms with van der Waals surface area (Å²) in [5, 5.41) is 1.79. The molecule has 0 spiro atoms. The summed E-state index contributed by atoms with van der Waals surface area (Å²) in [6.45, 7) is 2.48. The quantitative estimate of drug-likeness (QED) is 0.584. The van der Waals surface area contributed by atoms with Crippen LogP contribution in [-0.4, -0.2) is 60.0 Å². The maximum Gasteiger partial charge on any atom is 0.135 e. The van der Waals surface area contributed by atoms with Crippen molar-refractivity contribution in [3.8, 4) is 23.0 Å². The normalized spacial score (nSPS) is 21.5. The zero-order chi connectivity index (χ0) is 20.7. The number of fused-ring (bicyclic) bond motifs is 2. The van der Waals surface area contributed by atoms with Gasteiger partial charge in [-0.25, -0.2) is 0 Å². The third-order valence-electron chi connectivity index (χ3n) is 5.69. The second kappa shape index (κ2) is 7.89. The zero-order valence-electron chi connectivity index (χ0n) is 17.5. The molecule has 2 aromatic rings. The summed E-state index contributed by atoms with van der Waals surface area (Å²) in [7, 11) is 5.00. The van der Waals surface area contributed by atoms with Crippen molar-refractivity contribution < 1.29 is 33.2 Å². The van der Waals surface area contributed by atoms with Crippen molar-refractivity contribution in [1.82, 2.24) is 0 Å². The van der Waals surface area contributed by atoms with Crippen molar-refractivity contribution in [2.24, 2.45) is 0 Å². The van der Waals surface area contributed by atoms with Crippen LogP contribution in [0.2, 0.25) is 0 Å². The highest BCUT2D eigenvalue weighted by atomic mass is 16.6. The number of ether oxygens (including phenoxy) is 7. The summed E-state index contributed by atoms with van der Waals surface area (Å²) in [6, 6.07) is 3.86. The van der Waals surface area contributed by atoms with Crippen molar-refractivity contribution >= 4 is 10.8 Å². The minimum atomic E-state index is 0.143. The molecule has 0 aromatic heterocycles. The fourth-order valence-electron chi connectivity index (χ4n) is 3.90. The maximum atomic E-state index is 6.33. The molecule has 2 fully saturated rings. The molecule has 2 saturated heterocycles. The monoisotopic (exact) mass is 414 g/mol. The largest absolute Gasteiger partial charge is 0.501 e. The van der Waals surface area contributed by atoms with Crippen LogP contribution in [0.3, 0.4) is 0 Å². The first-order chi connectivity index (χ1) is 14.7. The Kier molecular flexibility index (Phi) is 5.08. The Labute approximate surface area is 175 Å². The summed E-state index contributed by atoms with van der Waals surface area (Å²) in [5.74, 6) is 3.92. The lowest BCUT2D eigenvalue weighted by atomic mass is 9.89. The maximum absolute atomic E-state index is 6.33. The Morgan fingerprint density at radius 2 is 1.57 bits per heavy atom. The van der Waals surface area contributed by atoms with E-state index in [1.807, 2.05) is 12.1 Å². The summed E-state index contributed by atoms with van der Waals surface area (Å²) in [4.78, 5) is 0. The van der Waals surface area contributed by atoms with E-state index in [-0.39, 0.29) is 12.2 Å². The first kappa shape index (κ1) is 19.3. The van der Waals surface area contributed by atoms with Gasteiger partial charge in [-0.3, -0.25) is 0 Å². The van der Waals surface area contributed by atoms with Gasteiger partial charge >= 0.3 is 0 Å². The van der Waals surface area contributed by atoms with Gasteiger partial charge in [0.05, 0.1) is 45.7 Å². The van der Waals surface area contributed by atoms with Gasteiger partial charge in [-0.05, 0) is 18.6 Å². The van der Waals surface area contributed by atoms with Gasteiger partial charge in [-0.15, -0.1) is 0 Å². The first-order valence-electron chi connectivity index (χ1n) is 10.2. The average Bonchev–Trinajstić information content (AvgIpc) is 3.69. The van der Waals surface area contributed by atoms with Crippen molar-refractivity contribution in [3.05, 3.63) is 35.1 Å². The third kappa shape index (κ3) is 3.63. The molecule has 0 radical (unpaired) electrons. The lowest BCUT2D eigenvalue weighted by molar-refractivity contribution is 0.252. The molecule has 1 aliphatic carbocycles. The highest BCUT2D eigenvalue weighted by Crippen LogP contribution is 2.49. The van der Waals surface area contributed by atoms with E-state index in [0.29, 0.717) is 37.6 Å². The Morgan fingerprint density at radius 1 is 0.867 bits per heavy atom. The molecule has 2 aromatic carbocycles. The number of hydrogen-bond acceptors (Lipinski definition) is 7. The predicted octanol–water partition coefficient (Wildman–Crippen LogP) is 3.04. The first-order valence-corrected chi connectivity index (χ1v) is 10.2. The molecular formula is C23H26O7. The molecule has 5 rings (SSSR count). The van der Waals surface area contributed by atoms with Gasteiger partial charge in [0.25, 0.3) is 0 Å². The Bertz CT molecular complexity index is 989. The molecule has 3 aliphatic rings. The summed E-state index contributed by atoms with van der Waals surface area (Å²) in [5.41, 5.74) is 2.17. The van der Waals surface area contributed by atoms with Crippen LogP contribution >= 0.6 is 0 Å². The van der Waals surface area contributed by atoms with E-state index in [1.165, 1.54) is 0 Å². The van der Waals surface area contributed by atoms with Gasteiger partial charge in [-0.2, -0.15) is 0 Å². The van der Waals surface area contributed by atoms with Crippen LogP contribution in [0, 0.1) is 0 Å². The Morgan fingerprint density at radius 3 is 2.17 bits per heavy atom. The van der Waals surface area contributed by atoms with Crippen LogP contribution in [0.4, 0.5) is 0 Å². The van der Waals surface area contributed by atoms with E-state index in [9.17, 15) is 0 Å². The number of methoxy groups -OCH3 is 3. The van der Waals surface area contributed by atoms with Crippen LogP contribution in [-0.2, 0) is 27.1 Å². The lowest BCUT2D eigenvalue weighted by Gasteiger charge is -2.26. The molecule has 0 amide bonds. The standard InChI is InChI=1S/C23H26O7/c1-24-13-4-5-17-18(6-13)23(30-12-16-10-28-16)21-19(22(17)29-11-15-9-27-15)7-14(25-2)8-20(21)26-3/h4,7-8,15-16H,5-6,9-12H2,1-3H3. The SMILES string of the molecule is COC1=CCc2c(c(OCC3CO3)c3c(OC)cc(OC)cc3c2OCC2CO2)C1. The molecule has 2 unspecified atom stereocenters. The molecule has 0 saturated carbocycles. The fraction of sp³-hybridized carbons (Fsp3) is 0.478. The van der Waals surface area contributed by atoms with Crippen LogP contribution in [0.1, 0.15) is 11.1 Å². The predicted molar refractivity (Wildman–Crippen MR) is 110 cm³/mol. The second-order valence-corrected chi connectivity index (χ2v) is 7.66. The molecule has 2 atom stereocenters. The Balaban J connectivity index is 1.72. The summed E-state index contributed by atoms with van der Waals surface area (Å²) < 4.78 is 40.2. The van der Waals surface area contributed by atoms with E-state index in [0.717, 1.165) is 52.4 Å². The fourth-order valence-corrected chi connectivity index (χ4v) is 3.90. The smallest absolute Gasteiger partial charge is 0.135 e. The molecule has 0 bridgehead atoms. The lowest BCUT2D eigenvalue weighted by Crippen LogP contribution is -2.15. The van der Waals surface area contributed by atoms with Gasteiger partial charge in [0, 0.05) is 29.0 Å². The van der Waals surface area contributed by atoms with Crippen LogP contribution in [0.15, 0.2) is 24.0 Å². The second-order valence-electron chi connectivity index (χ2n) is 7.66. The molecule has 0 N–H and O–H groups in total. The van der Waals surface area contributed by atoms with Crippen molar-refractivity contribution in [2.75, 3.05) is 47.8 Å². The highest BCUT2D eigenvalue weighted by Gasteiger charge is 2.31. The van der Waals surface area contributed by atoms with Gasteiger partial charge in [0.1, 0.15) is 48.4 Å². The summed E-state index contributed by atoms with van der Waals surface area (Å²) >= 11 is 0. The molecule has 2 heterocycles. The summed E-state index contributed by atoms with van der Waals surface area (Å²) in [6.07, 6.45) is 3.72.